The lowest BCUT2D eigenvalue weighted by molar-refractivity contribution is 0.0487. The number of rotatable bonds is 8. The van der Waals surface area contributed by atoms with Crippen molar-refractivity contribution >= 4 is 29.0 Å². The minimum atomic E-state index is -0.650. The number of aromatic nitrogens is 1. The minimum Gasteiger partial charge on any atom is -0.444 e. The molecule has 0 radical (unpaired) electrons. The number of hydrogen-bond donors (Lipinski definition) is 4. The van der Waals surface area contributed by atoms with Crippen LogP contribution in [-0.4, -0.2) is 53.4 Å². The number of amides is 3. The lowest BCUT2D eigenvalue weighted by Crippen LogP contribution is -2.46. The molecule has 206 valence electrons. The Labute approximate surface area is 224 Å². The monoisotopic (exact) mass is 524 g/mol. The normalized spacial score (nSPS) is 14.2. The number of fused-ring (bicyclic) bond motifs is 1. The summed E-state index contributed by atoms with van der Waals surface area (Å²) in [5.41, 5.74) is 0.954. The van der Waals surface area contributed by atoms with E-state index in [0.717, 1.165) is 16.5 Å². The van der Waals surface area contributed by atoms with Crippen molar-refractivity contribution in [3.05, 3.63) is 35.5 Å². The van der Waals surface area contributed by atoms with Crippen molar-refractivity contribution in [2.75, 3.05) is 13.1 Å². The van der Waals surface area contributed by atoms with Crippen molar-refractivity contribution in [3.63, 3.8) is 0 Å². The molecule has 1 fully saturated rings. The first-order valence-electron chi connectivity index (χ1n) is 13.2. The second-order valence-electron chi connectivity index (χ2n) is 11.7. The highest BCUT2D eigenvalue weighted by Gasteiger charge is 2.21. The second kappa shape index (κ2) is 12.2. The predicted molar refractivity (Wildman–Crippen MR) is 147 cm³/mol. The van der Waals surface area contributed by atoms with Crippen LogP contribution in [0.3, 0.4) is 0 Å². The molecule has 9 nitrogen and oxygen atoms in total. The third-order valence-electron chi connectivity index (χ3n) is 5.49. The molecule has 0 bridgehead atoms. The highest BCUT2D eigenvalue weighted by atomic mass is 16.6. The molecule has 38 heavy (non-hydrogen) atoms. The topological polar surface area (TPSA) is 122 Å². The van der Waals surface area contributed by atoms with E-state index in [-0.39, 0.29) is 12.5 Å². The largest absolute Gasteiger partial charge is 0.444 e. The zero-order valence-electron chi connectivity index (χ0n) is 23.2. The molecule has 0 saturated heterocycles. The van der Waals surface area contributed by atoms with Crippen LogP contribution >= 0.6 is 0 Å². The van der Waals surface area contributed by atoms with Gasteiger partial charge in [-0.15, -0.1) is 0 Å². The van der Waals surface area contributed by atoms with Gasteiger partial charge in [0.05, 0.1) is 0 Å². The molecule has 1 aliphatic carbocycles. The Kier molecular flexibility index (Phi) is 9.31. The Hall–Kier alpha value is -3.67. The van der Waals surface area contributed by atoms with Gasteiger partial charge in [0, 0.05) is 41.5 Å². The quantitative estimate of drug-likeness (QED) is 0.290. The Bertz CT molecular complexity index is 1210. The number of carbonyl (C=O) groups excluding carboxylic acids is 3. The number of aromatic amines is 1. The maximum atomic E-state index is 12.9. The molecule has 1 atom stereocenters. The summed E-state index contributed by atoms with van der Waals surface area (Å²) >= 11 is 0. The number of carbonyl (C=O) groups is 3. The van der Waals surface area contributed by atoms with Crippen molar-refractivity contribution in [2.24, 2.45) is 5.92 Å². The molecule has 3 amide bonds. The van der Waals surface area contributed by atoms with Crippen LogP contribution in [0.5, 0.6) is 0 Å². The summed E-state index contributed by atoms with van der Waals surface area (Å²) in [5, 5.41) is 9.34. The Morgan fingerprint density at radius 3 is 2.34 bits per heavy atom. The molecule has 4 N–H and O–H groups in total. The molecule has 0 aliphatic heterocycles. The van der Waals surface area contributed by atoms with Gasteiger partial charge in [-0.3, -0.25) is 4.79 Å². The van der Waals surface area contributed by atoms with Gasteiger partial charge in [0.25, 0.3) is 5.91 Å². The highest BCUT2D eigenvalue weighted by molar-refractivity contribution is 5.98. The molecular formula is C29H40N4O5. The fourth-order valence-electron chi connectivity index (χ4n) is 3.60. The second-order valence-corrected chi connectivity index (χ2v) is 11.7. The summed E-state index contributed by atoms with van der Waals surface area (Å²) in [6.45, 7) is 11.3. The molecule has 0 spiro atoms. The van der Waals surface area contributed by atoms with Crippen molar-refractivity contribution < 1.29 is 23.9 Å². The van der Waals surface area contributed by atoms with Gasteiger partial charge in [-0.25, -0.2) is 9.59 Å². The summed E-state index contributed by atoms with van der Waals surface area (Å²) in [6, 6.07) is 7.25. The van der Waals surface area contributed by atoms with Crippen molar-refractivity contribution in [2.45, 2.75) is 84.5 Å². The number of ether oxygens (including phenoxy) is 2. The first-order valence-corrected chi connectivity index (χ1v) is 13.2. The van der Waals surface area contributed by atoms with Gasteiger partial charge in [-0.05, 0) is 85.4 Å². The van der Waals surface area contributed by atoms with E-state index in [4.69, 9.17) is 9.47 Å². The van der Waals surface area contributed by atoms with Crippen LogP contribution in [-0.2, 0) is 9.47 Å². The fraction of sp³-hybridized carbons (Fsp3) is 0.552. The number of benzene rings is 1. The number of H-pyrrole nitrogens is 1. The smallest absolute Gasteiger partial charge is 0.407 e. The summed E-state index contributed by atoms with van der Waals surface area (Å²) in [6.07, 6.45) is 2.35. The lowest BCUT2D eigenvalue weighted by Gasteiger charge is -2.24. The molecule has 1 aromatic heterocycles. The average molecular weight is 525 g/mol. The van der Waals surface area contributed by atoms with E-state index in [9.17, 15) is 14.4 Å². The van der Waals surface area contributed by atoms with Gasteiger partial charge in [0.15, 0.2) is 0 Å². The van der Waals surface area contributed by atoms with Gasteiger partial charge < -0.3 is 30.4 Å². The summed E-state index contributed by atoms with van der Waals surface area (Å²) in [4.78, 5) is 40.3. The molecule has 1 unspecified atom stereocenters. The van der Waals surface area contributed by atoms with Gasteiger partial charge in [0.1, 0.15) is 16.9 Å². The Morgan fingerprint density at radius 2 is 1.68 bits per heavy atom. The molecule has 9 heteroatoms. The van der Waals surface area contributed by atoms with Crippen molar-refractivity contribution in [1.82, 2.24) is 20.9 Å². The van der Waals surface area contributed by atoms with Crippen LogP contribution in [0.25, 0.3) is 10.9 Å². The maximum Gasteiger partial charge on any atom is 0.407 e. The van der Waals surface area contributed by atoms with Crippen LogP contribution in [0.1, 0.15) is 83.3 Å². The van der Waals surface area contributed by atoms with Crippen LogP contribution in [0.15, 0.2) is 24.3 Å². The summed E-state index contributed by atoms with van der Waals surface area (Å²) in [5.74, 6) is 6.68. The number of alkyl carbamates (subject to hydrolysis) is 2. The van der Waals surface area contributed by atoms with E-state index in [1.165, 1.54) is 12.8 Å². The van der Waals surface area contributed by atoms with Crippen LogP contribution < -0.4 is 16.0 Å². The van der Waals surface area contributed by atoms with Crippen LogP contribution in [0.2, 0.25) is 0 Å². The van der Waals surface area contributed by atoms with Gasteiger partial charge in [-0.1, -0.05) is 17.9 Å². The molecule has 1 aliphatic rings. The standard InChI is InChI=1S/C29H40N4O5/c1-28(2,3)37-26(35)30-15-7-8-22(32-27(36)38-29(4,5)6)18-31-25(34)24-17-21-14-13-20(16-23(21)33-24)12-11-19-9-10-19/h13-14,16-17,19,22,33H,7-10,15,18H2,1-6H3,(H,30,35)(H,31,34)(H,32,36). The molecule has 3 rings (SSSR count). The lowest BCUT2D eigenvalue weighted by atomic mass is 10.1. The zero-order valence-corrected chi connectivity index (χ0v) is 23.2. The van der Waals surface area contributed by atoms with Crippen LogP contribution in [0.4, 0.5) is 9.59 Å². The third kappa shape index (κ3) is 10.4. The number of hydrogen-bond acceptors (Lipinski definition) is 5. The maximum absolute atomic E-state index is 12.9. The molecular weight excluding hydrogens is 484 g/mol. The number of nitrogens with one attached hydrogen (secondary N) is 4. The predicted octanol–water partition coefficient (Wildman–Crippen LogP) is 4.86. The zero-order chi connectivity index (χ0) is 27.9. The van der Waals surface area contributed by atoms with Crippen molar-refractivity contribution in [3.8, 4) is 11.8 Å². The molecule has 1 heterocycles. The Morgan fingerprint density at radius 1 is 1.00 bits per heavy atom. The van der Waals surface area contributed by atoms with E-state index in [2.05, 4.69) is 32.8 Å². The summed E-state index contributed by atoms with van der Waals surface area (Å²) in [7, 11) is 0. The summed E-state index contributed by atoms with van der Waals surface area (Å²) < 4.78 is 10.6. The minimum absolute atomic E-state index is 0.192. The molecule has 1 saturated carbocycles. The molecule has 2 aromatic rings. The van der Waals surface area contributed by atoms with E-state index in [0.29, 0.717) is 31.0 Å². The average Bonchev–Trinajstić information content (AvgIpc) is 3.52. The Balaban J connectivity index is 1.57. The van der Waals surface area contributed by atoms with E-state index < -0.39 is 29.4 Å². The third-order valence-corrected chi connectivity index (χ3v) is 5.49. The van der Waals surface area contributed by atoms with Gasteiger partial charge in [0.2, 0.25) is 0 Å². The first kappa shape index (κ1) is 28.9. The van der Waals surface area contributed by atoms with Crippen LogP contribution in [0, 0.1) is 17.8 Å². The fourth-order valence-corrected chi connectivity index (χ4v) is 3.60. The molecule has 1 aromatic carbocycles. The van der Waals surface area contributed by atoms with Crippen molar-refractivity contribution in [1.29, 1.82) is 0 Å². The van der Waals surface area contributed by atoms with Gasteiger partial charge in [-0.2, -0.15) is 0 Å². The first-order chi connectivity index (χ1) is 17.8. The highest BCUT2D eigenvalue weighted by Crippen LogP contribution is 2.27. The van der Waals surface area contributed by atoms with E-state index >= 15 is 0 Å². The SMILES string of the molecule is CC(C)(C)OC(=O)NCCCC(CNC(=O)c1cc2ccc(C#CC3CC3)cc2[nH]1)NC(=O)OC(C)(C)C. The van der Waals surface area contributed by atoms with Gasteiger partial charge >= 0.3 is 12.2 Å². The van der Waals surface area contributed by atoms with E-state index in [1.807, 2.05) is 18.2 Å². The van der Waals surface area contributed by atoms with E-state index in [1.54, 1.807) is 47.6 Å².